The van der Waals surface area contributed by atoms with E-state index < -0.39 is 0 Å². The fourth-order valence-electron chi connectivity index (χ4n) is 0.959. The second-order valence-corrected chi connectivity index (χ2v) is 5.08. The highest BCUT2D eigenvalue weighted by atomic mass is 127. The Balaban J connectivity index is 2.71. The molecule has 0 spiro atoms. The third-order valence-corrected chi connectivity index (χ3v) is 5.13. The maximum atomic E-state index is 4.54. The van der Waals surface area contributed by atoms with Crippen molar-refractivity contribution in [1.29, 1.82) is 0 Å². The van der Waals surface area contributed by atoms with Crippen LogP contribution in [0.2, 0.25) is 0 Å². The minimum Gasteiger partial charge on any atom is -0.178 e. The van der Waals surface area contributed by atoms with Crippen molar-refractivity contribution < 1.29 is 0 Å². The Hall–Kier alpha value is 0.650. The number of rotatable bonds is 3. The summed E-state index contributed by atoms with van der Waals surface area (Å²) >= 11 is 11.2. The normalized spacial score (nSPS) is 15.6. The van der Waals surface area contributed by atoms with Gasteiger partial charge < -0.3 is 0 Å². The minimum absolute atomic E-state index is 0.296. The minimum atomic E-state index is 0.296. The number of hydrogen-bond donors (Lipinski definition) is 2. The quantitative estimate of drug-likeness (QED) is 0.477. The van der Waals surface area contributed by atoms with Crippen LogP contribution in [0.1, 0.15) is 10.8 Å². The van der Waals surface area contributed by atoms with E-state index in [2.05, 4.69) is 60.0 Å². The Kier molecular flexibility index (Phi) is 4.82. The zero-order valence-electron chi connectivity index (χ0n) is 6.52. The standard InChI is InChI=1S/C9H11IS2/c10-8(6-11)9(12)7-4-2-1-3-5-7/h1-5,8-9,11-12H,6H2. The lowest BCUT2D eigenvalue weighted by atomic mass is 10.1. The molecule has 3 heteroatoms. The van der Waals surface area contributed by atoms with Gasteiger partial charge in [0.2, 0.25) is 0 Å². The van der Waals surface area contributed by atoms with E-state index in [9.17, 15) is 0 Å². The summed E-state index contributed by atoms with van der Waals surface area (Å²) in [4.78, 5) is 0. The van der Waals surface area contributed by atoms with Crippen molar-refractivity contribution in [1.82, 2.24) is 0 Å². The van der Waals surface area contributed by atoms with Crippen LogP contribution in [0.5, 0.6) is 0 Å². The molecule has 1 aromatic carbocycles. The summed E-state index contributed by atoms with van der Waals surface area (Å²) < 4.78 is 0.483. The van der Waals surface area contributed by atoms with E-state index in [1.165, 1.54) is 5.56 Å². The Labute approximate surface area is 98.1 Å². The van der Waals surface area contributed by atoms with Gasteiger partial charge >= 0.3 is 0 Å². The summed E-state index contributed by atoms with van der Waals surface area (Å²) in [5.74, 6) is 0.865. The van der Waals surface area contributed by atoms with Crippen molar-refractivity contribution in [2.24, 2.45) is 0 Å². The van der Waals surface area contributed by atoms with E-state index in [-0.39, 0.29) is 0 Å². The molecule has 0 fully saturated rings. The molecule has 1 rings (SSSR count). The molecular formula is C9H11IS2. The van der Waals surface area contributed by atoms with E-state index in [4.69, 9.17) is 0 Å². The summed E-state index contributed by atoms with van der Waals surface area (Å²) in [7, 11) is 0. The molecule has 0 amide bonds. The van der Waals surface area contributed by atoms with Crippen molar-refractivity contribution in [3.05, 3.63) is 35.9 Å². The highest BCUT2D eigenvalue weighted by molar-refractivity contribution is 14.1. The second kappa shape index (κ2) is 5.40. The van der Waals surface area contributed by atoms with Gasteiger partial charge in [-0.1, -0.05) is 52.9 Å². The Morgan fingerprint density at radius 2 is 1.83 bits per heavy atom. The number of thiol groups is 2. The molecule has 66 valence electrons. The van der Waals surface area contributed by atoms with Gasteiger partial charge in [0.15, 0.2) is 0 Å². The predicted molar refractivity (Wildman–Crippen MR) is 69.8 cm³/mol. The predicted octanol–water partition coefficient (Wildman–Crippen LogP) is 3.39. The first-order valence-corrected chi connectivity index (χ1v) is 6.13. The van der Waals surface area contributed by atoms with Crippen LogP contribution in [0.15, 0.2) is 30.3 Å². The van der Waals surface area contributed by atoms with Crippen LogP contribution in [0.4, 0.5) is 0 Å². The van der Waals surface area contributed by atoms with Gasteiger partial charge in [-0.2, -0.15) is 25.3 Å². The van der Waals surface area contributed by atoms with Gasteiger partial charge in [0.25, 0.3) is 0 Å². The van der Waals surface area contributed by atoms with E-state index >= 15 is 0 Å². The van der Waals surface area contributed by atoms with Crippen LogP contribution in [-0.2, 0) is 0 Å². The molecule has 2 unspecified atom stereocenters. The molecule has 0 N–H and O–H groups in total. The SMILES string of the molecule is SCC(I)C(S)c1ccccc1. The number of halogens is 1. The third kappa shape index (κ3) is 2.85. The lowest BCUT2D eigenvalue weighted by Gasteiger charge is -2.15. The Bertz CT molecular complexity index is 225. The van der Waals surface area contributed by atoms with Gasteiger partial charge in [0.1, 0.15) is 0 Å². The number of benzene rings is 1. The lowest BCUT2D eigenvalue weighted by molar-refractivity contribution is 0.969. The Morgan fingerprint density at radius 3 is 2.33 bits per heavy atom. The summed E-state index contributed by atoms with van der Waals surface area (Å²) in [6.07, 6.45) is 0. The molecule has 0 aliphatic carbocycles. The second-order valence-electron chi connectivity index (χ2n) is 2.55. The smallest absolute Gasteiger partial charge is 0.0392 e. The maximum absolute atomic E-state index is 4.54. The van der Waals surface area contributed by atoms with E-state index in [0.717, 1.165) is 5.75 Å². The first-order chi connectivity index (χ1) is 5.75. The molecule has 0 nitrogen and oxygen atoms in total. The first kappa shape index (κ1) is 10.7. The number of alkyl halides is 1. The van der Waals surface area contributed by atoms with Gasteiger partial charge in [0.05, 0.1) is 0 Å². The van der Waals surface area contributed by atoms with Crippen LogP contribution in [0.25, 0.3) is 0 Å². The van der Waals surface area contributed by atoms with Crippen molar-refractivity contribution in [3.63, 3.8) is 0 Å². The molecule has 0 saturated heterocycles. The molecule has 12 heavy (non-hydrogen) atoms. The highest BCUT2D eigenvalue weighted by Gasteiger charge is 2.14. The van der Waals surface area contributed by atoms with Crippen LogP contribution in [0.3, 0.4) is 0 Å². The average Bonchev–Trinajstić information content (AvgIpc) is 2.17. The van der Waals surface area contributed by atoms with Crippen LogP contribution >= 0.6 is 47.8 Å². The van der Waals surface area contributed by atoms with Gasteiger partial charge in [-0.3, -0.25) is 0 Å². The topological polar surface area (TPSA) is 0 Å². The maximum Gasteiger partial charge on any atom is 0.0392 e. The summed E-state index contributed by atoms with van der Waals surface area (Å²) in [5.41, 5.74) is 1.27. The molecule has 0 aliphatic rings. The van der Waals surface area contributed by atoms with Gasteiger partial charge in [-0.05, 0) is 5.56 Å². The zero-order chi connectivity index (χ0) is 8.97. The third-order valence-electron chi connectivity index (χ3n) is 1.66. The van der Waals surface area contributed by atoms with Crippen molar-refractivity contribution in [2.75, 3.05) is 5.75 Å². The summed E-state index contributed by atoms with van der Waals surface area (Å²) in [5, 5.41) is 0.296. The van der Waals surface area contributed by atoms with Crippen LogP contribution in [0, 0.1) is 0 Å². The summed E-state index contributed by atoms with van der Waals surface area (Å²) in [6.45, 7) is 0. The van der Waals surface area contributed by atoms with Gasteiger partial charge in [-0.25, -0.2) is 0 Å². The van der Waals surface area contributed by atoms with E-state index in [1.54, 1.807) is 0 Å². The van der Waals surface area contributed by atoms with Crippen molar-refractivity contribution in [2.45, 2.75) is 9.17 Å². The van der Waals surface area contributed by atoms with E-state index in [0.29, 0.717) is 9.17 Å². The molecular weight excluding hydrogens is 299 g/mol. The molecule has 0 aliphatic heterocycles. The average molecular weight is 310 g/mol. The molecule has 0 bridgehead atoms. The van der Waals surface area contributed by atoms with Gasteiger partial charge in [0, 0.05) is 14.9 Å². The zero-order valence-corrected chi connectivity index (χ0v) is 10.5. The monoisotopic (exact) mass is 310 g/mol. The molecule has 0 radical (unpaired) electrons. The summed E-state index contributed by atoms with van der Waals surface area (Å²) in [6, 6.07) is 10.3. The highest BCUT2D eigenvalue weighted by Crippen LogP contribution is 2.29. The fraction of sp³-hybridized carbons (Fsp3) is 0.333. The van der Waals surface area contributed by atoms with Crippen LogP contribution in [-0.4, -0.2) is 9.68 Å². The van der Waals surface area contributed by atoms with Crippen LogP contribution < -0.4 is 0 Å². The Morgan fingerprint density at radius 1 is 1.25 bits per heavy atom. The molecule has 2 atom stereocenters. The number of hydrogen-bond acceptors (Lipinski definition) is 2. The largest absolute Gasteiger partial charge is 0.178 e. The molecule has 0 saturated carbocycles. The molecule has 0 aromatic heterocycles. The fourth-order valence-corrected chi connectivity index (χ4v) is 2.03. The first-order valence-electron chi connectivity index (χ1n) is 3.73. The van der Waals surface area contributed by atoms with Gasteiger partial charge in [-0.15, -0.1) is 0 Å². The molecule has 0 heterocycles. The lowest BCUT2D eigenvalue weighted by Crippen LogP contribution is -2.07. The molecule has 1 aromatic rings. The van der Waals surface area contributed by atoms with Crippen molar-refractivity contribution >= 4 is 47.8 Å². The van der Waals surface area contributed by atoms with E-state index in [1.807, 2.05) is 18.2 Å². The van der Waals surface area contributed by atoms with Crippen molar-refractivity contribution in [3.8, 4) is 0 Å².